The van der Waals surface area contributed by atoms with Crippen LogP contribution in [-0.4, -0.2) is 48.3 Å². The number of aliphatic hydroxyl groups excluding tert-OH is 1. The van der Waals surface area contributed by atoms with Gasteiger partial charge in [0, 0.05) is 11.6 Å². The van der Waals surface area contributed by atoms with E-state index < -0.39 is 0 Å². The van der Waals surface area contributed by atoms with Gasteiger partial charge in [0.2, 0.25) is 0 Å². The Morgan fingerprint density at radius 2 is 1.95 bits per heavy atom. The lowest BCUT2D eigenvalue weighted by molar-refractivity contribution is 0.109. The fourth-order valence-corrected chi connectivity index (χ4v) is 4.32. The molecule has 2 rings (SSSR count). The molecule has 0 radical (unpaired) electrons. The van der Waals surface area contributed by atoms with Crippen molar-refractivity contribution in [3.63, 3.8) is 0 Å². The number of hydrogen-bond acceptors (Lipinski definition) is 3. The van der Waals surface area contributed by atoms with E-state index >= 15 is 0 Å². The SMILES string of the molecule is CCCNC1(CO)CCCC1CCN(C)C1CCCC1. The van der Waals surface area contributed by atoms with Crippen LogP contribution in [0.4, 0.5) is 0 Å². The zero-order valence-electron chi connectivity index (χ0n) is 13.5. The number of rotatable bonds is 8. The molecule has 0 saturated heterocycles. The molecule has 0 aromatic carbocycles. The highest BCUT2D eigenvalue weighted by Gasteiger charge is 2.41. The van der Waals surface area contributed by atoms with E-state index in [9.17, 15) is 5.11 Å². The zero-order chi connectivity index (χ0) is 14.4. The fraction of sp³-hybridized carbons (Fsp3) is 1.00. The number of nitrogens with zero attached hydrogens (tertiary/aromatic N) is 1. The van der Waals surface area contributed by atoms with E-state index in [1.807, 2.05) is 0 Å². The van der Waals surface area contributed by atoms with Crippen LogP contribution in [-0.2, 0) is 0 Å². The molecule has 2 unspecified atom stereocenters. The summed E-state index contributed by atoms with van der Waals surface area (Å²) in [5.41, 5.74) is 0.0204. The maximum Gasteiger partial charge on any atom is 0.0616 e. The van der Waals surface area contributed by atoms with E-state index in [2.05, 4.69) is 24.2 Å². The second-order valence-corrected chi connectivity index (χ2v) is 7.04. The first kappa shape index (κ1) is 16.3. The van der Waals surface area contributed by atoms with Crippen molar-refractivity contribution in [2.75, 3.05) is 26.7 Å². The van der Waals surface area contributed by atoms with Gasteiger partial charge < -0.3 is 15.3 Å². The molecule has 20 heavy (non-hydrogen) atoms. The maximum atomic E-state index is 9.91. The normalized spacial score (nSPS) is 31.5. The van der Waals surface area contributed by atoms with Gasteiger partial charge in [-0.25, -0.2) is 0 Å². The van der Waals surface area contributed by atoms with Gasteiger partial charge in [-0.05, 0) is 64.6 Å². The molecule has 3 nitrogen and oxygen atoms in total. The highest BCUT2D eigenvalue weighted by molar-refractivity contribution is 4.99. The van der Waals surface area contributed by atoms with Crippen LogP contribution in [0.15, 0.2) is 0 Å². The van der Waals surface area contributed by atoms with Crippen LogP contribution < -0.4 is 5.32 Å². The van der Waals surface area contributed by atoms with E-state index in [0.29, 0.717) is 12.5 Å². The van der Waals surface area contributed by atoms with Crippen LogP contribution in [0.5, 0.6) is 0 Å². The van der Waals surface area contributed by atoms with Gasteiger partial charge in [0.1, 0.15) is 0 Å². The van der Waals surface area contributed by atoms with Crippen molar-refractivity contribution >= 4 is 0 Å². The van der Waals surface area contributed by atoms with Crippen LogP contribution in [0.25, 0.3) is 0 Å². The zero-order valence-corrected chi connectivity index (χ0v) is 13.5. The Balaban J connectivity index is 1.83. The lowest BCUT2D eigenvalue weighted by Crippen LogP contribution is -2.52. The Morgan fingerprint density at radius 3 is 2.60 bits per heavy atom. The van der Waals surface area contributed by atoms with Crippen LogP contribution in [0.3, 0.4) is 0 Å². The lowest BCUT2D eigenvalue weighted by atomic mass is 9.85. The molecule has 0 aromatic rings. The molecule has 0 heterocycles. The van der Waals surface area contributed by atoms with Crippen molar-refractivity contribution in [3.05, 3.63) is 0 Å². The van der Waals surface area contributed by atoms with E-state index in [1.165, 1.54) is 51.5 Å². The smallest absolute Gasteiger partial charge is 0.0616 e. The van der Waals surface area contributed by atoms with Crippen molar-refractivity contribution in [2.24, 2.45) is 5.92 Å². The number of aliphatic hydroxyl groups is 1. The minimum absolute atomic E-state index is 0.0204. The van der Waals surface area contributed by atoms with Gasteiger partial charge in [0.05, 0.1) is 6.61 Å². The van der Waals surface area contributed by atoms with Crippen molar-refractivity contribution in [1.82, 2.24) is 10.2 Å². The first-order valence-electron chi connectivity index (χ1n) is 8.78. The summed E-state index contributed by atoms with van der Waals surface area (Å²) in [4.78, 5) is 2.58. The first-order chi connectivity index (χ1) is 9.72. The summed E-state index contributed by atoms with van der Waals surface area (Å²) in [5.74, 6) is 0.655. The fourth-order valence-electron chi connectivity index (χ4n) is 4.32. The molecule has 0 bridgehead atoms. The highest BCUT2D eigenvalue weighted by Crippen LogP contribution is 2.38. The summed E-state index contributed by atoms with van der Waals surface area (Å²) in [5, 5.41) is 13.6. The standard InChI is InChI=1S/C17H34N2O/c1-3-12-18-17(14-20)11-6-7-15(17)10-13-19(2)16-8-4-5-9-16/h15-16,18,20H,3-14H2,1-2H3. The molecule has 2 aliphatic rings. The van der Waals surface area contributed by atoms with E-state index in [1.54, 1.807) is 0 Å². The van der Waals surface area contributed by atoms with Crippen molar-refractivity contribution in [1.29, 1.82) is 0 Å². The molecule has 118 valence electrons. The Kier molecular flexibility index (Phi) is 6.31. The van der Waals surface area contributed by atoms with Crippen LogP contribution >= 0.6 is 0 Å². The third kappa shape index (κ3) is 3.75. The minimum atomic E-state index is 0.0204. The molecule has 2 atom stereocenters. The first-order valence-corrected chi connectivity index (χ1v) is 8.78. The molecule has 0 amide bonds. The average Bonchev–Trinajstić information content (AvgIpc) is 3.12. The van der Waals surface area contributed by atoms with Crippen LogP contribution in [0.1, 0.15) is 64.7 Å². The van der Waals surface area contributed by atoms with Gasteiger partial charge in [-0.3, -0.25) is 0 Å². The second kappa shape index (κ2) is 7.77. The minimum Gasteiger partial charge on any atom is -0.394 e. The lowest BCUT2D eigenvalue weighted by Gasteiger charge is -2.36. The largest absolute Gasteiger partial charge is 0.394 e. The summed E-state index contributed by atoms with van der Waals surface area (Å²) < 4.78 is 0. The third-order valence-corrected chi connectivity index (χ3v) is 5.74. The molecule has 2 aliphatic carbocycles. The average molecular weight is 282 g/mol. The quantitative estimate of drug-likeness (QED) is 0.718. The Hall–Kier alpha value is -0.120. The summed E-state index contributed by atoms with van der Waals surface area (Å²) in [6.45, 7) is 4.75. The molecule has 3 heteroatoms. The van der Waals surface area contributed by atoms with Gasteiger partial charge in [0.25, 0.3) is 0 Å². The Labute approximate surface area is 125 Å². The van der Waals surface area contributed by atoms with E-state index in [-0.39, 0.29) is 5.54 Å². The Bertz CT molecular complexity index is 278. The molecule has 2 fully saturated rings. The molecular formula is C17H34N2O. The van der Waals surface area contributed by atoms with Gasteiger partial charge >= 0.3 is 0 Å². The van der Waals surface area contributed by atoms with E-state index in [0.717, 1.165) is 25.4 Å². The summed E-state index contributed by atoms with van der Waals surface area (Å²) >= 11 is 0. The van der Waals surface area contributed by atoms with Crippen LogP contribution in [0, 0.1) is 5.92 Å². The topological polar surface area (TPSA) is 35.5 Å². The predicted molar refractivity (Wildman–Crippen MR) is 85.0 cm³/mol. The van der Waals surface area contributed by atoms with Gasteiger partial charge in [-0.1, -0.05) is 26.2 Å². The molecule has 0 spiro atoms. The second-order valence-electron chi connectivity index (χ2n) is 7.04. The monoisotopic (exact) mass is 282 g/mol. The number of nitrogens with one attached hydrogen (secondary N) is 1. The Morgan fingerprint density at radius 1 is 1.20 bits per heavy atom. The van der Waals surface area contributed by atoms with Gasteiger partial charge in [-0.2, -0.15) is 0 Å². The molecule has 0 aromatic heterocycles. The van der Waals surface area contributed by atoms with Crippen LogP contribution in [0.2, 0.25) is 0 Å². The number of hydrogen-bond donors (Lipinski definition) is 2. The maximum absolute atomic E-state index is 9.91. The van der Waals surface area contributed by atoms with Crippen molar-refractivity contribution in [2.45, 2.75) is 76.3 Å². The highest BCUT2D eigenvalue weighted by atomic mass is 16.3. The molecule has 2 N–H and O–H groups in total. The van der Waals surface area contributed by atoms with Crippen molar-refractivity contribution in [3.8, 4) is 0 Å². The third-order valence-electron chi connectivity index (χ3n) is 5.74. The van der Waals surface area contributed by atoms with Crippen molar-refractivity contribution < 1.29 is 5.11 Å². The molecule has 2 saturated carbocycles. The molecule has 0 aliphatic heterocycles. The van der Waals surface area contributed by atoms with Gasteiger partial charge in [-0.15, -0.1) is 0 Å². The summed E-state index contributed by atoms with van der Waals surface area (Å²) in [6, 6.07) is 0.823. The van der Waals surface area contributed by atoms with Gasteiger partial charge in [0.15, 0.2) is 0 Å². The van der Waals surface area contributed by atoms with E-state index in [4.69, 9.17) is 0 Å². The molecular weight excluding hydrogens is 248 g/mol. The summed E-state index contributed by atoms with van der Waals surface area (Å²) in [7, 11) is 2.30. The predicted octanol–water partition coefficient (Wildman–Crippen LogP) is 2.78. The summed E-state index contributed by atoms with van der Waals surface area (Å²) in [6.07, 6.45) is 11.7.